The first-order chi connectivity index (χ1) is 8.65. The lowest BCUT2D eigenvalue weighted by Gasteiger charge is -2.29. The standard InChI is InChI=1S/C14H24N4/c1-11-9-15-13(3)14(16-11)17-12(2)10-18-7-5-4-6-8-18/h9,12H,4-8,10H2,1-3H3,(H,16,17). The van der Waals surface area contributed by atoms with Gasteiger partial charge >= 0.3 is 0 Å². The van der Waals surface area contributed by atoms with E-state index in [2.05, 4.69) is 27.1 Å². The van der Waals surface area contributed by atoms with E-state index in [1.165, 1.54) is 32.4 Å². The number of aryl methyl sites for hydroxylation is 2. The molecule has 0 bridgehead atoms. The van der Waals surface area contributed by atoms with E-state index in [1.807, 2.05) is 20.0 Å². The highest BCUT2D eigenvalue weighted by Gasteiger charge is 2.14. The molecule has 100 valence electrons. The molecule has 1 aromatic heterocycles. The molecule has 1 aliphatic heterocycles. The van der Waals surface area contributed by atoms with E-state index >= 15 is 0 Å². The van der Waals surface area contributed by atoms with Gasteiger partial charge in [-0.1, -0.05) is 6.42 Å². The Labute approximate surface area is 110 Å². The topological polar surface area (TPSA) is 41.1 Å². The van der Waals surface area contributed by atoms with Gasteiger partial charge in [0, 0.05) is 18.8 Å². The van der Waals surface area contributed by atoms with Crippen molar-refractivity contribution < 1.29 is 0 Å². The zero-order valence-corrected chi connectivity index (χ0v) is 11.7. The zero-order chi connectivity index (χ0) is 13.0. The fraction of sp³-hybridized carbons (Fsp3) is 0.714. The molecule has 0 spiro atoms. The molecule has 0 aliphatic carbocycles. The molecule has 2 rings (SSSR count). The molecule has 1 aromatic rings. The number of piperidine rings is 1. The second kappa shape index (κ2) is 6.14. The normalized spacial score (nSPS) is 18.6. The Kier molecular flexibility index (Phi) is 4.53. The minimum Gasteiger partial charge on any atom is -0.365 e. The predicted octanol–water partition coefficient (Wildman–Crippen LogP) is 2.38. The number of nitrogens with one attached hydrogen (secondary N) is 1. The molecule has 1 N–H and O–H groups in total. The van der Waals surface area contributed by atoms with Crippen LogP contribution in [-0.4, -0.2) is 40.5 Å². The summed E-state index contributed by atoms with van der Waals surface area (Å²) in [5, 5.41) is 3.48. The molecule has 4 heteroatoms. The smallest absolute Gasteiger partial charge is 0.148 e. The predicted molar refractivity (Wildman–Crippen MR) is 74.9 cm³/mol. The fourth-order valence-electron chi connectivity index (χ4n) is 2.48. The molecule has 1 saturated heterocycles. The average Bonchev–Trinajstić information content (AvgIpc) is 2.35. The maximum Gasteiger partial charge on any atom is 0.148 e. The van der Waals surface area contributed by atoms with E-state index in [4.69, 9.17) is 0 Å². The SMILES string of the molecule is Cc1cnc(C)c(NC(C)CN2CCCCC2)n1. The molecule has 0 saturated carbocycles. The number of hydrogen-bond donors (Lipinski definition) is 1. The Morgan fingerprint density at radius 3 is 2.72 bits per heavy atom. The largest absolute Gasteiger partial charge is 0.365 e. The van der Waals surface area contributed by atoms with Crippen LogP contribution in [0, 0.1) is 13.8 Å². The first-order valence-electron chi connectivity index (χ1n) is 6.94. The van der Waals surface area contributed by atoms with Gasteiger partial charge in [0.05, 0.1) is 11.4 Å². The van der Waals surface area contributed by atoms with Crippen LogP contribution in [0.25, 0.3) is 0 Å². The van der Waals surface area contributed by atoms with E-state index < -0.39 is 0 Å². The Balaban J connectivity index is 1.89. The van der Waals surface area contributed by atoms with Crippen molar-refractivity contribution in [3.8, 4) is 0 Å². The van der Waals surface area contributed by atoms with Crippen LogP contribution < -0.4 is 5.32 Å². The molecule has 18 heavy (non-hydrogen) atoms. The molecule has 0 amide bonds. The number of aromatic nitrogens is 2. The Hall–Kier alpha value is -1.16. The summed E-state index contributed by atoms with van der Waals surface area (Å²) in [5.41, 5.74) is 1.94. The number of anilines is 1. The van der Waals surface area contributed by atoms with Crippen molar-refractivity contribution in [3.05, 3.63) is 17.6 Å². The molecule has 1 unspecified atom stereocenters. The van der Waals surface area contributed by atoms with Crippen molar-refractivity contribution in [2.24, 2.45) is 0 Å². The van der Waals surface area contributed by atoms with E-state index in [0.29, 0.717) is 6.04 Å². The molecule has 1 fully saturated rings. The summed E-state index contributed by atoms with van der Waals surface area (Å²) in [4.78, 5) is 11.4. The van der Waals surface area contributed by atoms with Crippen molar-refractivity contribution in [1.29, 1.82) is 0 Å². The molecular formula is C14H24N4. The van der Waals surface area contributed by atoms with Gasteiger partial charge in [-0.05, 0) is 46.7 Å². The van der Waals surface area contributed by atoms with Crippen molar-refractivity contribution in [3.63, 3.8) is 0 Å². The van der Waals surface area contributed by atoms with Crippen LogP contribution in [0.5, 0.6) is 0 Å². The highest BCUT2D eigenvalue weighted by molar-refractivity contribution is 5.40. The van der Waals surface area contributed by atoms with Crippen LogP contribution in [0.2, 0.25) is 0 Å². The van der Waals surface area contributed by atoms with Crippen molar-refractivity contribution in [2.45, 2.75) is 46.1 Å². The van der Waals surface area contributed by atoms with Crippen LogP contribution >= 0.6 is 0 Å². The molecule has 1 aliphatic rings. The summed E-state index contributed by atoms with van der Waals surface area (Å²) in [5.74, 6) is 0.930. The van der Waals surface area contributed by atoms with Gasteiger partial charge in [0.1, 0.15) is 5.82 Å². The Bertz CT molecular complexity index is 385. The number of nitrogens with zero attached hydrogens (tertiary/aromatic N) is 3. The minimum absolute atomic E-state index is 0.415. The van der Waals surface area contributed by atoms with Gasteiger partial charge in [-0.15, -0.1) is 0 Å². The van der Waals surface area contributed by atoms with E-state index in [1.54, 1.807) is 0 Å². The first kappa shape index (κ1) is 13.3. The lowest BCUT2D eigenvalue weighted by Crippen LogP contribution is -2.38. The van der Waals surface area contributed by atoms with Crippen LogP contribution in [-0.2, 0) is 0 Å². The van der Waals surface area contributed by atoms with Crippen molar-refractivity contribution in [1.82, 2.24) is 14.9 Å². The van der Waals surface area contributed by atoms with Gasteiger partial charge in [0.2, 0.25) is 0 Å². The highest BCUT2D eigenvalue weighted by atomic mass is 15.2. The quantitative estimate of drug-likeness (QED) is 0.888. The molecule has 0 radical (unpaired) electrons. The first-order valence-corrected chi connectivity index (χ1v) is 6.94. The highest BCUT2D eigenvalue weighted by Crippen LogP contribution is 2.13. The van der Waals surface area contributed by atoms with E-state index in [0.717, 1.165) is 23.8 Å². The third-order valence-electron chi connectivity index (χ3n) is 3.44. The number of likely N-dealkylation sites (tertiary alicyclic amines) is 1. The maximum absolute atomic E-state index is 4.51. The second-order valence-corrected chi connectivity index (χ2v) is 5.35. The summed E-state index contributed by atoms with van der Waals surface area (Å²) >= 11 is 0. The van der Waals surface area contributed by atoms with E-state index in [9.17, 15) is 0 Å². The number of rotatable bonds is 4. The molecule has 4 nitrogen and oxygen atoms in total. The van der Waals surface area contributed by atoms with E-state index in [-0.39, 0.29) is 0 Å². The summed E-state index contributed by atoms with van der Waals surface area (Å²) < 4.78 is 0. The molecule has 0 aromatic carbocycles. The van der Waals surface area contributed by atoms with Crippen LogP contribution in [0.4, 0.5) is 5.82 Å². The van der Waals surface area contributed by atoms with Crippen molar-refractivity contribution in [2.75, 3.05) is 25.0 Å². The van der Waals surface area contributed by atoms with Crippen LogP contribution in [0.3, 0.4) is 0 Å². The van der Waals surface area contributed by atoms with Crippen LogP contribution in [0.15, 0.2) is 6.20 Å². The van der Waals surface area contributed by atoms with Crippen molar-refractivity contribution >= 4 is 5.82 Å². The third-order valence-corrected chi connectivity index (χ3v) is 3.44. The summed E-state index contributed by atoms with van der Waals surface area (Å²) in [7, 11) is 0. The summed E-state index contributed by atoms with van der Waals surface area (Å²) in [6.07, 6.45) is 5.89. The monoisotopic (exact) mass is 248 g/mol. The van der Waals surface area contributed by atoms with Gasteiger partial charge in [0.25, 0.3) is 0 Å². The molecular weight excluding hydrogens is 224 g/mol. The Morgan fingerprint density at radius 2 is 2.00 bits per heavy atom. The lowest BCUT2D eigenvalue weighted by molar-refractivity contribution is 0.223. The minimum atomic E-state index is 0.415. The Morgan fingerprint density at radius 1 is 1.28 bits per heavy atom. The summed E-state index contributed by atoms with van der Waals surface area (Å²) in [6.45, 7) is 9.78. The van der Waals surface area contributed by atoms with Gasteiger partial charge < -0.3 is 10.2 Å². The summed E-state index contributed by atoms with van der Waals surface area (Å²) in [6, 6.07) is 0.415. The molecule has 1 atom stereocenters. The average molecular weight is 248 g/mol. The maximum atomic E-state index is 4.51. The van der Waals surface area contributed by atoms with Crippen LogP contribution in [0.1, 0.15) is 37.6 Å². The van der Waals surface area contributed by atoms with Gasteiger partial charge in [-0.3, -0.25) is 4.98 Å². The fourth-order valence-corrected chi connectivity index (χ4v) is 2.48. The number of hydrogen-bond acceptors (Lipinski definition) is 4. The van der Waals surface area contributed by atoms with Gasteiger partial charge in [0.15, 0.2) is 0 Å². The molecule has 2 heterocycles. The van der Waals surface area contributed by atoms with Gasteiger partial charge in [-0.25, -0.2) is 4.98 Å². The second-order valence-electron chi connectivity index (χ2n) is 5.35. The lowest BCUT2D eigenvalue weighted by atomic mass is 10.1. The van der Waals surface area contributed by atoms with Gasteiger partial charge in [-0.2, -0.15) is 0 Å². The third kappa shape index (κ3) is 3.67. The zero-order valence-electron chi connectivity index (χ0n) is 11.7.